The number of terminal acetylenes is 1. The van der Waals surface area contributed by atoms with Gasteiger partial charge in [0.05, 0.1) is 12.1 Å². The van der Waals surface area contributed by atoms with Crippen molar-refractivity contribution in [1.82, 2.24) is 10.6 Å². The molecule has 0 fully saturated rings. The van der Waals surface area contributed by atoms with E-state index >= 15 is 0 Å². The van der Waals surface area contributed by atoms with Gasteiger partial charge in [0, 0.05) is 6.54 Å². The fourth-order valence-electron chi connectivity index (χ4n) is 1.62. The van der Waals surface area contributed by atoms with E-state index in [1.54, 1.807) is 0 Å². The molecule has 18 heavy (non-hydrogen) atoms. The molecular formula is C14H26N2O2. The van der Waals surface area contributed by atoms with Gasteiger partial charge in [-0.05, 0) is 33.6 Å². The first-order valence-corrected chi connectivity index (χ1v) is 6.44. The Balaban J connectivity index is 4.51. The van der Waals surface area contributed by atoms with Crippen LogP contribution in [0.4, 0.5) is 4.79 Å². The molecular weight excluding hydrogens is 228 g/mol. The van der Waals surface area contributed by atoms with Gasteiger partial charge >= 0.3 is 6.09 Å². The van der Waals surface area contributed by atoms with Gasteiger partial charge in [-0.15, -0.1) is 6.42 Å². The van der Waals surface area contributed by atoms with E-state index in [1.807, 2.05) is 34.6 Å². The second kappa shape index (κ2) is 7.27. The van der Waals surface area contributed by atoms with Crippen molar-refractivity contribution in [3.8, 4) is 12.3 Å². The number of rotatable bonds is 6. The lowest BCUT2D eigenvalue weighted by Crippen LogP contribution is -2.55. The third-order valence-electron chi connectivity index (χ3n) is 2.81. The highest BCUT2D eigenvalue weighted by Gasteiger charge is 2.29. The predicted molar refractivity (Wildman–Crippen MR) is 74.4 cm³/mol. The molecule has 4 nitrogen and oxygen atoms in total. The maximum atomic E-state index is 11.8. The van der Waals surface area contributed by atoms with Crippen LogP contribution in [0.3, 0.4) is 0 Å². The van der Waals surface area contributed by atoms with Gasteiger partial charge < -0.3 is 15.4 Å². The quantitative estimate of drug-likeness (QED) is 0.565. The average molecular weight is 254 g/mol. The van der Waals surface area contributed by atoms with Crippen LogP contribution in [0.15, 0.2) is 0 Å². The van der Waals surface area contributed by atoms with Crippen LogP contribution < -0.4 is 10.6 Å². The lowest BCUT2D eigenvalue weighted by atomic mass is 9.93. The molecule has 0 bridgehead atoms. The van der Waals surface area contributed by atoms with E-state index in [4.69, 9.17) is 11.2 Å². The van der Waals surface area contributed by atoms with Crippen LogP contribution >= 0.6 is 0 Å². The van der Waals surface area contributed by atoms with Gasteiger partial charge in [0.15, 0.2) is 0 Å². The van der Waals surface area contributed by atoms with Crippen molar-refractivity contribution in [3.63, 3.8) is 0 Å². The minimum Gasteiger partial charge on any atom is -0.444 e. The van der Waals surface area contributed by atoms with Crippen LogP contribution in [0.2, 0.25) is 0 Å². The van der Waals surface area contributed by atoms with Gasteiger partial charge in [-0.3, -0.25) is 0 Å². The van der Waals surface area contributed by atoms with Crippen molar-refractivity contribution in [3.05, 3.63) is 0 Å². The summed E-state index contributed by atoms with van der Waals surface area (Å²) in [7, 11) is 0. The smallest absolute Gasteiger partial charge is 0.408 e. The van der Waals surface area contributed by atoms with Gasteiger partial charge in [0.1, 0.15) is 5.60 Å². The number of carbonyl (C=O) groups excluding carboxylic acids is 1. The van der Waals surface area contributed by atoms with Crippen LogP contribution in [0.25, 0.3) is 0 Å². The Labute approximate surface area is 111 Å². The highest BCUT2D eigenvalue weighted by atomic mass is 16.6. The zero-order valence-electron chi connectivity index (χ0n) is 12.2. The Morgan fingerprint density at radius 1 is 1.28 bits per heavy atom. The monoisotopic (exact) mass is 254 g/mol. The second-order valence-corrected chi connectivity index (χ2v) is 5.42. The number of ether oxygens (including phenoxy) is 1. The second-order valence-electron chi connectivity index (χ2n) is 5.42. The molecule has 0 spiro atoms. The molecule has 0 aliphatic heterocycles. The number of amides is 1. The fraction of sp³-hybridized carbons (Fsp3) is 0.786. The lowest BCUT2D eigenvalue weighted by molar-refractivity contribution is 0.0447. The molecule has 0 aromatic heterocycles. The van der Waals surface area contributed by atoms with E-state index in [0.717, 1.165) is 12.8 Å². The lowest BCUT2D eigenvalue weighted by Gasteiger charge is -2.34. The molecule has 0 aromatic rings. The average Bonchev–Trinajstić information content (AvgIpc) is 2.25. The standard InChI is InChI=1S/C14H26N2O2/c1-7-10-15-11-14(8-2,9-3)16-12(17)18-13(4,5)6/h1,15H,8-11H2,2-6H3,(H,16,17). The van der Waals surface area contributed by atoms with E-state index in [9.17, 15) is 4.79 Å². The van der Waals surface area contributed by atoms with Crippen LogP contribution in [0.5, 0.6) is 0 Å². The summed E-state index contributed by atoms with van der Waals surface area (Å²) >= 11 is 0. The molecule has 0 aliphatic rings. The first-order valence-electron chi connectivity index (χ1n) is 6.44. The van der Waals surface area contributed by atoms with Gasteiger partial charge in [-0.1, -0.05) is 19.8 Å². The minimum absolute atomic E-state index is 0.306. The molecule has 0 saturated heterocycles. The van der Waals surface area contributed by atoms with E-state index in [-0.39, 0.29) is 11.6 Å². The summed E-state index contributed by atoms with van der Waals surface area (Å²) in [5, 5.41) is 6.09. The van der Waals surface area contributed by atoms with Crippen molar-refractivity contribution in [1.29, 1.82) is 0 Å². The van der Waals surface area contributed by atoms with E-state index in [2.05, 4.69) is 16.6 Å². The summed E-state index contributed by atoms with van der Waals surface area (Å²) in [6.07, 6.45) is 6.46. The van der Waals surface area contributed by atoms with Crippen LogP contribution in [-0.4, -0.2) is 30.3 Å². The SMILES string of the molecule is C#CCNCC(CC)(CC)NC(=O)OC(C)(C)C. The first-order chi connectivity index (χ1) is 8.28. The van der Waals surface area contributed by atoms with Crippen molar-refractivity contribution in [2.75, 3.05) is 13.1 Å². The number of hydrogen-bond acceptors (Lipinski definition) is 3. The zero-order chi connectivity index (χ0) is 14.2. The van der Waals surface area contributed by atoms with Crippen LogP contribution in [-0.2, 0) is 4.74 Å². The Bertz CT molecular complexity index is 296. The van der Waals surface area contributed by atoms with Gasteiger partial charge in [-0.2, -0.15) is 0 Å². The number of carbonyl (C=O) groups is 1. The largest absolute Gasteiger partial charge is 0.444 e. The normalized spacial score (nSPS) is 11.8. The summed E-state index contributed by atoms with van der Waals surface area (Å²) in [5.74, 6) is 2.52. The highest BCUT2D eigenvalue weighted by Crippen LogP contribution is 2.16. The van der Waals surface area contributed by atoms with Gasteiger partial charge in [-0.25, -0.2) is 4.79 Å². The summed E-state index contributed by atoms with van der Waals surface area (Å²) in [6, 6.07) is 0. The fourth-order valence-corrected chi connectivity index (χ4v) is 1.62. The molecule has 0 aliphatic carbocycles. The molecule has 0 rings (SSSR count). The summed E-state index contributed by atoms with van der Waals surface area (Å²) < 4.78 is 5.29. The summed E-state index contributed by atoms with van der Waals surface area (Å²) in [4.78, 5) is 11.8. The molecule has 4 heteroatoms. The van der Waals surface area contributed by atoms with Crippen molar-refractivity contribution < 1.29 is 9.53 Å². The molecule has 2 N–H and O–H groups in total. The molecule has 0 saturated carbocycles. The van der Waals surface area contributed by atoms with Crippen molar-refractivity contribution in [2.45, 2.75) is 58.6 Å². The number of hydrogen-bond donors (Lipinski definition) is 2. The highest BCUT2D eigenvalue weighted by molar-refractivity contribution is 5.68. The zero-order valence-corrected chi connectivity index (χ0v) is 12.2. The van der Waals surface area contributed by atoms with Gasteiger partial charge in [0.2, 0.25) is 0 Å². The first kappa shape index (κ1) is 16.8. The van der Waals surface area contributed by atoms with E-state index < -0.39 is 5.60 Å². The summed E-state index contributed by atoms with van der Waals surface area (Å²) in [6.45, 7) is 10.8. The minimum atomic E-state index is -0.483. The maximum absolute atomic E-state index is 11.8. The number of alkyl carbamates (subject to hydrolysis) is 1. The van der Waals surface area contributed by atoms with Crippen LogP contribution in [0.1, 0.15) is 47.5 Å². The van der Waals surface area contributed by atoms with E-state index in [1.165, 1.54) is 0 Å². The Morgan fingerprint density at radius 3 is 2.22 bits per heavy atom. The van der Waals surface area contributed by atoms with E-state index in [0.29, 0.717) is 13.1 Å². The Kier molecular flexibility index (Phi) is 6.79. The Morgan fingerprint density at radius 2 is 1.83 bits per heavy atom. The van der Waals surface area contributed by atoms with Crippen molar-refractivity contribution in [2.24, 2.45) is 0 Å². The summed E-state index contributed by atoms with van der Waals surface area (Å²) in [5.41, 5.74) is -0.789. The number of nitrogens with one attached hydrogen (secondary N) is 2. The molecule has 0 heterocycles. The molecule has 0 radical (unpaired) electrons. The molecule has 0 unspecified atom stereocenters. The van der Waals surface area contributed by atoms with Gasteiger partial charge in [0.25, 0.3) is 0 Å². The predicted octanol–water partition coefficient (Wildman–Crippen LogP) is 2.29. The third kappa shape index (κ3) is 6.51. The third-order valence-corrected chi connectivity index (χ3v) is 2.81. The molecule has 0 aromatic carbocycles. The molecule has 104 valence electrons. The maximum Gasteiger partial charge on any atom is 0.408 e. The van der Waals surface area contributed by atoms with Crippen LogP contribution in [0, 0.1) is 12.3 Å². The van der Waals surface area contributed by atoms with Crippen molar-refractivity contribution >= 4 is 6.09 Å². The Hall–Kier alpha value is -1.21. The molecule has 1 amide bonds. The molecule has 0 atom stereocenters. The topological polar surface area (TPSA) is 50.4 Å².